The Morgan fingerprint density at radius 1 is 1.12 bits per heavy atom. The highest BCUT2D eigenvalue weighted by molar-refractivity contribution is 7.21. The van der Waals surface area contributed by atoms with Gasteiger partial charge in [0.05, 0.1) is 16.4 Å². The molecule has 7 heteroatoms. The molecule has 4 rings (SSSR count). The zero-order valence-electron chi connectivity index (χ0n) is 12.2. The van der Waals surface area contributed by atoms with E-state index in [0.717, 1.165) is 26.6 Å². The summed E-state index contributed by atoms with van der Waals surface area (Å²) in [5, 5.41) is 10.3. The molecule has 3 aromatic heterocycles. The summed E-state index contributed by atoms with van der Waals surface area (Å²) in [4.78, 5) is 19.7. The van der Waals surface area contributed by atoms with E-state index >= 15 is 0 Å². The fourth-order valence-electron chi connectivity index (χ4n) is 2.15. The Balaban J connectivity index is 1.57. The van der Waals surface area contributed by atoms with Gasteiger partial charge in [-0.2, -0.15) is 0 Å². The van der Waals surface area contributed by atoms with Crippen molar-refractivity contribution in [1.29, 1.82) is 0 Å². The van der Waals surface area contributed by atoms with Crippen LogP contribution in [0.5, 0.6) is 0 Å². The van der Waals surface area contributed by atoms with E-state index in [1.165, 1.54) is 6.20 Å². The molecule has 4 aromatic rings. The molecule has 0 unspecified atom stereocenters. The summed E-state index contributed by atoms with van der Waals surface area (Å²) in [5.41, 5.74) is 0.954. The molecule has 0 bridgehead atoms. The summed E-state index contributed by atoms with van der Waals surface area (Å²) in [7, 11) is 0. The second kappa shape index (κ2) is 6.03. The van der Waals surface area contributed by atoms with Gasteiger partial charge >= 0.3 is 5.97 Å². The van der Waals surface area contributed by atoms with Gasteiger partial charge in [-0.05, 0) is 36.4 Å². The van der Waals surface area contributed by atoms with Crippen molar-refractivity contribution >= 4 is 51.0 Å². The first-order chi connectivity index (χ1) is 11.7. The van der Waals surface area contributed by atoms with E-state index < -0.39 is 5.97 Å². The highest BCUT2D eigenvalue weighted by Crippen LogP contribution is 2.31. The van der Waals surface area contributed by atoms with Crippen molar-refractivity contribution in [3.63, 3.8) is 0 Å². The molecule has 5 nitrogen and oxygen atoms in total. The Hall–Kier alpha value is -2.77. The highest BCUT2D eigenvalue weighted by atomic mass is 32.1. The molecule has 0 saturated heterocycles. The van der Waals surface area contributed by atoms with Crippen LogP contribution in [0.1, 0.15) is 20.4 Å². The van der Waals surface area contributed by atoms with Gasteiger partial charge in [-0.15, -0.1) is 22.7 Å². The number of carboxylic acids is 1. The fourth-order valence-corrected chi connectivity index (χ4v) is 3.74. The average Bonchev–Trinajstić information content (AvgIpc) is 3.30. The third-order valence-electron chi connectivity index (χ3n) is 3.26. The Bertz CT molecular complexity index is 1030. The van der Waals surface area contributed by atoms with Crippen molar-refractivity contribution in [2.75, 3.05) is 0 Å². The molecule has 0 amide bonds. The van der Waals surface area contributed by atoms with Crippen LogP contribution in [0.25, 0.3) is 33.1 Å². The van der Waals surface area contributed by atoms with Crippen LogP contribution in [0.4, 0.5) is 0 Å². The monoisotopic (exact) mass is 354 g/mol. The number of aromatic carboxylic acids is 1. The van der Waals surface area contributed by atoms with Gasteiger partial charge in [0.1, 0.15) is 15.6 Å². The van der Waals surface area contributed by atoms with Crippen molar-refractivity contribution in [2.45, 2.75) is 0 Å². The lowest BCUT2D eigenvalue weighted by Crippen LogP contribution is -1.89. The number of carboxylic acid groups (broad SMARTS) is 1. The molecule has 0 fully saturated rings. The normalized spacial score (nSPS) is 11.5. The number of fused-ring (bicyclic) bond motifs is 1. The summed E-state index contributed by atoms with van der Waals surface area (Å²) in [5.74, 6) is 0.404. The van der Waals surface area contributed by atoms with Gasteiger partial charge < -0.3 is 9.52 Å². The number of para-hydroxylation sites is 1. The maximum absolute atomic E-state index is 10.8. The molecule has 118 valence electrons. The minimum absolute atomic E-state index is 0.212. The van der Waals surface area contributed by atoms with Crippen LogP contribution in [-0.4, -0.2) is 21.0 Å². The van der Waals surface area contributed by atoms with Crippen LogP contribution >= 0.6 is 22.7 Å². The molecular weight excluding hydrogens is 344 g/mol. The third kappa shape index (κ3) is 2.86. The molecule has 0 atom stereocenters. The van der Waals surface area contributed by atoms with E-state index in [2.05, 4.69) is 9.97 Å². The number of nitrogens with zero attached hydrogens (tertiary/aromatic N) is 2. The van der Waals surface area contributed by atoms with Crippen LogP contribution in [0.3, 0.4) is 0 Å². The lowest BCUT2D eigenvalue weighted by molar-refractivity contribution is 0.0702. The van der Waals surface area contributed by atoms with Crippen molar-refractivity contribution in [3.05, 3.63) is 58.2 Å². The number of benzene rings is 1. The Morgan fingerprint density at radius 3 is 2.79 bits per heavy atom. The number of hydrogen-bond acceptors (Lipinski definition) is 6. The van der Waals surface area contributed by atoms with E-state index in [9.17, 15) is 4.79 Å². The molecule has 0 saturated carbocycles. The van der Waals surface area contributed by atoms with Gasteiger partial charge in [0.25, 0.3) is 0 Å². The quantitative estimate of drug-likeness (QED) is 0.565. The van der Waals surface area contributed by atoms with E-state index in [4.69, 9.17) is 9.52 Å². The fraction of sp³-hybridized carbons (Fsp3) is 0. The third-order valence-corrected chi connectivity index (χ3v) is 5.26. The van der Waals surface area contributed by atoms with Crippen LogP contribution in [-0.2, 0) is 0 Å². The van der Waals surface area contributed by atoms with Crippen molar-refractivity contribution < 1.29 is 14.3 Å². The average molecular weight is 354 g/mol. The van der Waals surface area contributed by atoms with Gasteiger partial charge in [0.15, 0.2) is 10.8 Å². The standard InChI is InChI=1S/C17H10N2O3S2/c20-17(21)14-9-18-15(23-14)8-6-10-5-7-12(22-10)16-19-11-3-1-2-4-13(11)24-16/h1-9H,(H,20,21)/b8-6-. The second-order valence-electron chi connectivity index (χ2n) is 4.89. The zero-order chi connectivity index (χ0) is 16.5. The smallest absolute Gasteiger partial charge is 0.347 e. The largest absolute Gasteiger partial charge is 0.477 e. The predicted molar refractivity (Wildman–Crippen MR) is 95.3 cm³/mol. The maximum Gasteiger partial charge on any atom is 0.347 e. The molecule has 0 aliphatic rings. The van der Waals surface area contributed by atoms with Crippen molar-refractivity contribution in [1.82, 2.24) is 9.97 Å². The Labute approximate surface area is 144 Å². The number of thiazole rings is 2. The summed E-state index contributed by atoms with van der Waals surface area (Å²) in [6, 6.07) is 11.7. The van der Waals surface area contributed by atoms with Gasteiger partial charge in [-0.3, -0.25) is 0 Å². The number of rotatable bonds is 4. The molecule has 0 spiro atoms. The van der Waals surface area contributed by atoms with Crippen molar-refractivity contribution in [3.8, 4) is 10.8 Å². The lowest BCUT2D eigenvalue weighted by atomic mass is 10.3. The predicted octanol–water partition coefficient (Wildman–Crippen LogP) is 4.88. The highest BCUT2D eigenvalue weighted by Gasteiger charge is 2.10. The summed E-state index contributed by atoms with van der Waals surface area (Å²) >= 11 is 2.70. The minimum atomic E-state index is -0.969. The molecule has 0 aliphatic carbocycles. The van der Waals surface area contributed by atoms with Crippen LogP contribution < -0.4 is 0 Å². The number of hydrogen-bond donors (Lipinski definition) is 1. The number of carbonyl (C=O) groups is 1. The molecule has 0 radical (unpaired) electrons. The summed E-state index contributed by atoms with van der Waals surface area (Å²) in [6.45, 7) is 0. The van der Waals surface area contributed by atoms with Crippen molar-refractivity contribution in [2.24, 2.45) is 0 Å². The first-order valence-electron chi connectivity index (χ1n) is 7.02. The summed E-state index contributed by atoms with van der Waals surface area (Å²) in [6.07, 6.45) is 4.85. The SMILES string of the molecule is O=C(O)c1cnc(/C=C\c2ccc(-c3nc4ccccc4s3)o2)s1. The van der Waals surface area contributed by atoms with Crippen LogP contribution in [0.2, 0.25) is 0 Å². The Kier molecular flexibility index (Phi) is 3.72. The maximum atomic E-state index is 10.8. The molecule has 0 aliphatic heterocycles. The molecular formula is C17H10N2O3S2. The topological polar surface area (TPSA) is 76.2 Å². The molecule has 1 N–H and O–H groups in total. The van der Waals surface area contributed by atoms with Gasteiger partial charge in [-0.25, -0.2) is 14.8 Å². The van der Waals surface area contributed by atoms with Crippen LogP contribution in [0, 0.1) is 0 Å². The molecule has 1 aromatic carbocycles. The Morgan fingerprint density at radius 2 is 2.00 bits per heavy atom. The number of aromatic nitrogens is 2. The van der Waals surface area contributed by atoms with Crippen LogP contribution in [0.15, 0.2) is 47.0 Å². The van der Waals surface area contributed by atoms with E-state index in [1.54, 1.807) is 23.5 Å². The summed E-state index contributed by atoms with van der Waals surface area (Å²) < 4.78 is 6.91. The lowest BCUT2D eigenvalue weighted by Gasteiger charge is -1.88. The first kappa shape index (κ1) is 14.8. The van der Waals surface area contributed by atoms with E-state index in [0.29, 0.717) is 16.5 Å². The second-order valence-corrected chi connectivity index (χ2v) is 6.98. The number of furan rings is 1. The molecule has 3 heterocycles. The van der Waals surface area contributed by atoms with E-state index in [1.807, 2.05) is 36.4 Å². The zero-order valence-corrected chi connectivity index (χ0v) is 13.8. The first-order valence-corrected chi connectivity index (χ1v) is 8.65. The van der Waals surface area contributed by atoms with E-state index in [-0.39, 0.29) is 4.88 Å². The minimum Gasteiger partial charge on any atom is -0.477 e. The van der Waals surface area contributed by atoms with Gasteiger partial charge in [0.2, 0.25) is 0 Å². The van der Waals surface area contributed by atoms with Gasteiger partial charge in [0, 0.05) is 0 Å². The van der Waals surface area contributed by atoms with Gasteiger partial charge in [-0.1, -0.05) is 12.1 Å². The molecule has 24 heavy (non-hydrogen) atoms.